The Balaban J connectivity index is 2.07. The highest BCUT2D eigenvalue weighted by Gasteiger charge is 2.03. The molecule has 2 rings (SSSR count). The van der Waals surface area contributed by atoms with E-state index in [1.807, 2.05) is 24.3 Å². The molecule has 0 N–H and O–H groups in total. The first kappa shape index (κ1) is 14.1. The average molecular weight is 271 g/mol. The first-order chi connectivity index (χ1) is 9.69. The third-order valence-electron chi connectivity index (χ3n) is 2.71. The van der Waals surface area contributed by atoms with Gasteiger partial charge in [-0.2, -0.15) is 0 Å². The molecule has 3 nitrogen and oxygen atoms in total. The van der Waals surface area contributed by atoms with Crippen LogP contribution in [0.5, 0.6) is 0 Å². The molecule has 2 aromatic rings. The van der Waals surface area contributed by atoms with Crippen LogP contribution in [0.2, 0.25) is 0 Å². The zero-order chi connectivity index (χ0) is 14.4. The minimum absolute atomic E-state index is 0.234. The molecule has 1 aromatic carbocycles. The largest absolute Gasteiger partial charge is 0.380 e. The zero-order valence-electron chi connectivity index (χ0n) is 11.0. The van der Waals surface area contributed by atoms with Gasteiger partial charge >= 0.3 is 0 Å². The van der Waals surface area contributed by atoms with Crippen LogP contribution >= 0.6 is 0 Å². The van der Waals surface area contributed by atoms with Crippen LogP contribution in [0.4, 0.5) is 4.39 Å². The Morgan fingerprint density at radius 2 is 2.05 bits per heavy atom. The number of nitrogens with zero attached hydrogens (tertiary/aromatic N) is 1. The molecule has 0 radical (unpaired) electrons. The van der Waals surface area contributed by atoms with Gasteiger partial charge in [0.25, 0.3) is 0 Å². The fraction of sp³-hybridized carbons (Fsp3) is 0.125. The molecule has 0 unspecified atom stereocenters. The number of ketones is 1. The maximum absolute atomic E-state index is 13.0. The second kappa shape index (κ2) is 6.73. The van der Waals surface area contributed by atoms with Gasteiger partial charge in [-0.3, -0.25) is 9.78 Å². The first-order valence-corrected chi connectivity index (χ1v) is 6.10. The number of benzene rings is 1. The van der Waals surface area contributed by atoms with E-state index in [9.17, 15) is 9.18 Å². The summed E-state index contributed by atoms with van der Waals surface area (Å²) in [6.07, 6.45) is 5.50. The fourth-order valence-corrected chi connectivity index (χ4v) is 1.71. The number of pyridine rings is 1. The van der Waals surface area contributed by atoms with Crippen molar-refractivity contribution in [3.05, 3.63) is 71.3 Å². The van der Waals surface area contributed by atoms with Crippen molar-refractivity contribution in [2.24, 2.45) is 0 Å². The van der Waals surface area contributed by atoms with Gasteiger partial charge in [0.1, 0.15) is 5.82 Å². The Morgan fingerprint density at radius 3 is 2.70 bits per heavy atom. The lowest BCUT2D eigenvalue weighted by atomic mass is 10.1. The van der Waals surface area contributed by atoms with Crippen LogP contribution in [-0.2, 0) is 11.3 Å². The fourth-order valence-electron chi connectivity index (χ4n) is 1.71. The Bertz CT molecular complexity index is 621. The van der Waals surface area contributed by atoms with Crippen molar-refractivity contribution in [3.8, 4) is 0 Å². The van der Waals surface area contributed by atoms with Crippen LogP contribution < -0.4 is 0 Å². The van der Waals surface area contributed by atoms with Gasteiger partial charge in [-0.15, -0.1) is 0 Å². The van der Waals surface area contributed by atoms with Crippen molar-refractivity contribution in [1.82, 2.24) is 4.98 Å². The predicted molar refractivity (Wildman–Crippen MR) is 74.7 cm³/mol. The number of rotatable bonds is 5. The molecule has 0 saturated heterocycles. The molecule has 0 saturated carbocycles. The van der Waals surface area contributed by atoms with E-state index >= 15 is 0 Å². The highest BCUT2D eigenvalue weighted by Crippen LogP contribution is 2.09. The molecule has 0 aliphatic rings. The monoisotopic (exact) mass is 271 g/mol. The summed E-state index contributed by atoms with van der Waals surface area (Å²) in [6.45, 7) is 0.553. The maximum atomic E-state index is 13.0. The summed E-state index contributed by atoms with van der Waals surface area (Å²) in [5.74, 6) is -0.800. The lowest BCUT2D eigenvalue weighted by molar-refractivity contribution is 0.104. The number of hydrogen-bond donors (Lipinski definition) is 0. The summed E-state index contributed by atoms with van der Waals surface area (Å²) in [6, 6.07) is 8.81. The van der Waals surface area contributed by atoms with Crippen LogP contribution in [0.1, 0.15) is 21.5 Å². The minimum Gasteiger partial charge on any atom is -0.380 e. The molecule has 0 atom stereocenters. The maximum Gasteiger partial charge on any atom is 0.187 e. The molecule has 0 aliphatic carbocycles. The van der Waals surface area contributed by atoms with Crippen molar-refractivity contribution in [2.45, 2.75) is 6.61 Å². The first-order valence-electron chi connectivity index (χ1n) is 6.10. The van der Waals surface area contributed by atoms with E-state index in [0.717, 1.165) is 17.3 Å². The van der Waals surface area contributed by atoms with Crippen molar-refractivity contribution < 1.29 is 13.9 Å². The zero-order valence-corrected chi connectivity index (χ0v) is 11.0. The van der Waals surface area contributed by atoms with E-state index in [-0.39, 0.29) is 11.3 Å². The molecule has 4 heteroatoms. The van der Waals surface area contributed by atoms with Crippen molar-refractivity contribution >= 4 is 11.9 Å². The smallest absolute Gasteiger partial charge is 0.187 e. The Morgan fingerprint density at radius 1 is 1.30 bits per heavy atom. The highest BCUT2D eigenvalue weighted by atomic mass is 19.1. The van der Waals surface area contributed by atoms with Crippen LogP contribution in [0.25, 0.3) is 6.08 Å². The van der Waals surface area contributed by atoms with Gasteiger partial charge in [0, 0.05) is 18.9 Å². The second-order valence-electron chi connectivity index (χ2n) is 4.26. The van der Waals surface area contributed by atoms with E-state index in [1.54, 1.807) is 13.2 Å². The number of allylic oxidation sites excluding steroid dienone is 1. The predicted octanol–water partition coefficient (Wildman–Crippen LogP) is 3.26. The number of methoxy groups -OCH3 is 1. The molecule has 0 aliphatic heterocycles. The van der Waals surface area contributed by atoms with Crippen LogP contribution in [0.15, 0.2) is 48.8 Å². The van der Waals surface area contributed by atoms with E-state index in [0.29, 0.717) is 6.61 Å². The summed E-state index contributed by atoms with van der Waals surface area (Å²) in [5.41, 5.74) is 2.19. The summed E-state index contributed by atoms with van der Waals surface area (Å²) in [4.78, 5) is 15.5. The van der Waals surface area contributed by atoms with Crippen LogP contribution in [0, 0.1) is 5.82 Å². The van der Waals surface area contributed by atoms with Gasteiger partial charge in [-0.25, -0.2) is 4.39 Å². The minimum atomic E-state index is -0.520. The quantitative estimate of drug-likeness (QED) is 0.619. The number of halogens is 1. The topological polar surface area (TPSA) is 39.2 Å². The van der Waals surface area contributed by atoms with Gasteiger partial charge in [0.2, 0.25) is 0 Å². The van der Waals surface area contributed by atoms with Gasteiger partial charge < -0.3 is 4.74 Å². The molecule has 102 valence electrons. The van der Waals surface area contributed by atoms with Crippen LogP contribution in [-0.4, -0.2) is 17.9 Å². The number of aromatic nitrogens is 1. The molecular formula is C16H14FNO2. The Hall–Kier alpha value is -2.33. The van der Waals surface area contributed by atoms with Gasteiger partial charge in [0.15, 0.2) is 5.78 Å². The van der Waals surface area contributed by atoms with Crippen molar-refractivity contribution in [3.63, 3.8) is 0 Å². The highest BCUT2D eigenvalue weighted by molar-refractivity contribution is 6.06. The third kappa shape index (κ3) is 3.83. The standard InChI is InChI=1S/C16H14FNO2/c1-20-11-13-4-2-12(3-5-13)6-7-16(19)14-8-15(17)10-18-9-14/h2-10H,11H2,1H3/b7-6+. The molecule has 0 fully saturated rings. The second-order valence-corrected chi connectivity index (χ2v) is 4.26. The van der Waals surface area contributed by atoms with Crippen molar-refractivity contribution in [1.29, 1.82) is 0 Å². The summed E-state index contributed by atoms with van der Waals surface area (Å²) >= 11 is 0. The third-order valence-corrected chi connectivity index (χ3v) is 2.71. The number of carbonyl (C=O) groups is 1. The normalized spacial score (nSPS) is 10.9. The molecule has 1 heterocycles. The number of carbonyl (C=O) groups excluding carboxylic acids is 1. The molecule has 20 heavy (non-hydrogen) atoms. The number of ether oxygens (including phenoxy) is 1. The van der Waals surface area contributed by atoms with Gasteiger partial charge in [-0.05, 0) is 23.3 Å². The summed E-state index contributed by atoms with van der Waals surface area (Å²) < 4.78 is 18.0. The Labute approximate surface area is 116 Å². The van der Waals surface area contributed by atoms with Crippen LogP contribution in [0.3, 0.4) is 0 Å². The van der Waals surface area contributed by atoms with E-state index in [4.69, 9.17) is 4.74 Å². The molecule has 0 amide bonds. The molecule has 0 bridgehead atoms. The molecule has 0 spiro atoms. The van der Waals surface area contributed by atoms with E-state index < -0.39 is 5.82 Å². The Kier molecular flexibility index (Phi) is 4.74. The van der Waals surface area contributed by atoms with Gasteiger partial charge in [-0.1, -0.05) is 30.3 Å². The van der Waals surface area contributed by atoms with Crippen molar-refractivity contribution in [2.75, 3.05) is 7.11 Å². The number of hydrogen-bond acceptors (Lipinski definition) is 3. The molecule has 1 aromatic heterocycles. The lowest BCUT2D eigenvalue weighted by Crippen LogP contribution is -1.96. The van der Waals surface area contributed by atoms with Gasteiger partial charge in [0.05, 0.1) is 12.8 Å². The van der Waals surface area contributed by atoms with E-state index in [2.05, 4.69) is 4.98 Å². The van der Waals surface area contributed by atoms with E-state index in [1.165, 1.54) is 18.3 Å². The molecular weight excluding hydrogens is 257 g/mol. The average Bonchev–Trinajstić information content (AvgIpc) is 2.46. The lowest BCUT2D eigenvalue weighted by Gasteiger charge is -2.00. The summed E-state index contributed by atoms with van der Waals surface area (Å²) in [7, 11) is 1.64. The summed E-state index contributed by atoms with van der Waals surface area (Å²) in [5, 5.41) is 0. The SMILES string of the molecule is COCc1ccc(/C=C/C(=O)c2cncc(F)c2)cc1.